The fourth-order valence-corrected chi connectivity index (χ4v) is 1.06. The molecule has 6 nitrogen and oxygen atoms in total. The fraction of sp³-hybridized carbons (Fsp3) is 0.600. The Hall–Kier alpha value is -1.56. The summed E-state index contributed by atoms with van der Waals surface area (Å²) >= 11 is 0. The maximum Gasteiger partial charge on any atom is 0.249 e. The third-order valence-corrected chi connectivity index (χ3v) is 2.17. The maximum atomic E-state index is 11.4. The quantitative estimate of drug-likeness (QED) is 0.777. The van der Waals surface area contributed by atoms with Gasteiger partial charge >= 0.3 is 0 Å². The number of nitrogens with zero attached hydrogens (tertiary/aromatic N) is 3. The van der Waals surface area contributed by atoms with Gasteiger partial charge in [-0.3, -0.25) is 10.1 Å². The predicted octanol–water partition coefficient (Wildman–Crippen LogP) is 0.554. The Morgan fingerprint density at radius 3 is 2.62 bits per heavy atom. The Balaban J connectivity index is 2.53. The molecule has 0 radical (unpaired) electrons. The van der Waals surface area contributed by atoms with E-state index < -0.39 is 0 Å². The van der Waals surface area contributed by atoms with E-state index in [9.17, 15) is 4.79 Å². The Labute approximate surface area is 94.7 Å². The monoisotopic (exact) mass is 223 g/mol. The summed E-state index contributed by atoms with van der Waals surface area (Å²) in [4.78, 5) is 15.5. The smallest absolute Gasteiger partial charge is 0.249 e. The van der Waals surface area contributed by atoms with Crippen LogP contribution in [0, 0.1) is 13.8 Å². The van der Waals surface area contributed by atoms with Crippen molar-refractivity contribution < 1.29 is 4.79 Å². The van der Waals surface area contributed by atoms with Crippen LogP contribution in [-0.4, -0.2) is 27.1 Å². The summed E-state index contributed by atoms with van der Waals surface area (Å²) in [5.41, 5.74) is 7.07. The molecule has 1 heterocycles. The molecule has 1 unspecified atom stereocenters. The van der Waals surface area contributed by atoms with Crippen LogP contribution >= 0.6 is 0 Å². The van der Waals surface area contributed by atoms with Crippen LogP contribution < -0.4 is 11.1 Å². The van der Waals surface area contributed by atoms with Gasteiger partial charge in [0.15, 0.2) is 0 Å². The number of nitrogens with one attached hydrogen (secondary N) is 1. The van der Waals surface area contributed by atoms with Crippen molar-refractivity contribution in [2.45, 2.75) is 39.7 Å². The zero-order valence-corrected chi connectivity index (χ0v) is 9.82. The summed E-state index contributed by atoms with van der Waals surface area (Å²) in [6.45, 7) is 5.50. The van der Waals surface area contributed by atoms with Crippen molar-refractivity contribution in [3.8, 4) is 0 Å². The van der Waals surface area contributed by atoms with E-state index in [0.717, 1.165) is 11.4 Å². The Bertz CT molecular complexity index is 377. The topological polar surface area (TPSA) is 93.8 Å². The number of carbonyl (C=O) groups is 1. The molecule has 1 atom stereocenters. The first-order chi connectivity index (χ1) is 7.49. The van der Waals surface area contributed by atoms with Crippen LogP contribution in [-0.2, 0) is 4.79 Å². The first-order valence-corrected chi connectivity index (χ1v) is 5.22. The van der Waals surface area contributed by atoms with Crippen LogP contribution in [0.25, 0.3) is 0 Å². The molecular weight excluding hydrogens is 206 g/mol. The van der Waals surface area contributed by atoms with E-state index in [-0.39, 0.29) is 17.9 Å². The minimum atomic E-state index is -0.137. The lowest BCUT2D eigenvalue weighted by Gasteiger charge is -2.06. The molecule has 0 bridgehead atoms. The van der Waals surface area contributed by atoms with Gasteiger partial charge in [-0.15, -0.1) is 5.10 Å². The Kier molecular flexibility index (Phi) is 4.30. The highest BCUT2D eigenvalue weighted by atomic mass is 16.1. The molecule has 88 valence electrons. The zero-order chi connectivity index (χ0) is 12.1. The van der Waals surface area contributed by atoms with E-state index in [2.05, 4.69) is 20.5 Å². The van der Waals surface area contributed by atoms with Gasteiger partial charge in [-0.05, 0) is 27.2 Å². The van der Waals surface area contributed by atoms with Crippen molar-refractivity contribution >= 4 is 11.9 Å². The summed E-state index contributed by atoms with van der Waals surface area (Å²) in [5.74, 6) is 0.111. The van der Waals surface area contributed by atoms with Gasteiger partial charge in [0.25, 0.3) is 0 Å². The number of aromatic nitrogens is 3. The lowest BCUT2D eigenvalue weighted by atomic mass is 10.2. The standard InChI is InChI=1S/C10H17N5O/c1-6(11)4-5-9(16)13-10-12-7(2)8(3)14-15-10/h6H,4-5,11H2,1-3H3,(H,12,13,15,16). The predicted molar refractivity (Wildman–Crippen MR) is 60.8 cm³/mol. The largest absolute Gasteiger partial charge is 0.328 e. The van der Waals surface area contributed by atoms with Crippen molar-refractivity contribution in [3.63, 3.8) is 0 Å². The molecule has 1 amide bonds. The van der Waals surface area contributed by atoms with E-state index >= 15 is 0 Å². The number of hydrogen-bond acceptors (Lipinski definition) is 5. The number of rotatable bonds is 4. The molecular formula is C10H17N5O. The highest BCUT2D eigenvalue weighted by molar-refractivity contribution is 5.88. The SMILES string of the molecule is Cc1nnc(NC(=O)CCC(C)N)nc1C. The molecule has 3 N–H and O–H groups in total. The van der Waals surface area contributed by atoms with Crippen molar-refractivity contribution in [2.75, 3.05) is 5.32 Å². The number of hydrogen-bond donors (Lipinski definition) is 2. The van der Waals surface area contributed by atoms with Crippen LogP contribution in [0.5, 0.6) is 0 Å². The third kappa shape index (κ3) is 3.90. The minimum Gasteiger partial charge on any atom is -0.328 e. The number of amides is 1. The molecule has 0 aliphatic carbocycles. The van der Waals surface area contributed by atoms with E-state index in [1.165, 1.54) is 0 Å². The molecule has 16 heavy (non-hydrogen) atoms. The van der Waals surface area contributed by atoms with E-state index in [1.807, 2.05) is 20.8 Å². The average molecular weight is 223 g/mol. The average Bonchev–Trinajstić information content (AvgIpc) is 2.21. The zero-order valence-electron chi connectivity index (χ0n) is 9.82. The Morgan fingerprint density at radius 2 is 2.06 bits per heavy atom. The second kappa shape index (κ2) is 5.50. The fourth-order valence-electron chi connectivity index (χ4n) is 1.06. The summed E-state index contributed by atoms with van der Waals surface area (Å²) < 4.78 is 0. The van der Waals surface area contributed by atoms with Gasteiger partial charge in [0.1, 0.15) is 0 Å². The normalized spacial score (nSPS) is 12.2. The van der Waals surface area contributed by atoms with Crippen LogP contribution in [0.1, 0.15) is 31.2 Å². The van der Waals surface area contributed by atoms with Gasteiger partial charge in [-0.25, -0.2) is 4.98 Å². The third-order valence-electron chi connectivity index (χ3n) is 2.17. The van der Waals surface area contributed by atoms with E-state index in [0.29, 0.717) is 12.8 Å². The highest BCUT2D eigenvalue weighted by Crippen LogP contribution is 2.03. The number of anilines is 1. The summed E-state index contributed by atoms with van der Waals surface area (Å²) in [6.07, 6.45) is 1.01. The highest BCUT2D eigenvalue weighted by Gasteiger charge is 2.07. The van der Waals surface area contributed by atoms with Gasteiger partial charge in [-0.2, -0.15) is 5.10 Å². The van der Waals surface area contributed by atoms with Gasteiger partial charge in [0, 0.05) is 12.5 Å². The molecule has 0 saturated heterocycles. The van der Waals surface area contributed by atoms with Crippen LogP contribution in [0.3, 0.4) is 0 Å². The van der Waals surface area contributed by atoms with Crippen LogP contribution in [0.2, 0.25) is 0 Å². The van der Waals surface area contributed by atoms with Crippen molar-refractivity contribution in [1.82, 2.24) is 15.2 Å². The number of carbonyl (C=O) groups excluding carboxylic acids is 1. The van der Waals surface area contributed by atoms with Crippen molar-refractivity contribution in [1.29, 1.82) is 0 Å². The van der Waals surface area contributed by atoms with E-state index in [4.69, 9.17) is 5.73 Å². The lowest BCUT2D eigenvalue weighted by molar-refractivity contribution is -0.116. The van der Waals surface area contributed by atoms with Gasteiger partial charge in [-0.1, -0.05) is 0 Å². The van der Waals surface area contributed by atoms with Gasteiger partial charge < -0.3 is 5.73 Å². The summed E-state index contributed by atoms with van der Waals surface area (Å²) in [7, 11) is 0. The van der Waals surface area contributed by atoms with Crippen LogP contribution in [0.4, 0.5) is 5.95 Å². The second-order valence-electron chi connectivity index (χ2n) is 3.87. The van der Waals surface area contributed by atoms with Gasteiger partial charge in [0.2, 0.25) is 11.9 Å². The summed E-state index contributed by atoms with van der Waals surface area (Å²) in [6, 6.07) is 0.0181. The van der Waals surface area contributed by atoms with Gasteiger partial charge in [0.05, 0.1) is 11.4 Å². The molecule has 0 saturated carbocycles. The lowest BCUT2D eigenvalue weighted by Crippen LogP contribution is -2.20. The molecule has 0 aliphatic heterocycles. The molecule has 0 aliphatic rings. The molecule has 0 aromatic carbocycles. The molecule has 6 heteroatoms. The Morgan fingerprint density at radius 1 is 1.38 bits per heavy atom. The first-order valence-electron chi connectivity index (χ1n) is 5.22. The minimum absolute atomic E-state index is 0.0181. The van der Waals surface area contributed by atoms with E-state index in [1.54, 1.807) is 0 Å². The molecule has 0 spiro atoms. The molecule has 1 aromatic heterocycles. The number of nitrogens with two attached hydrogens (primary N) is 1. The first kappa shape index (κ1) is 12.5. The van der Waals surface area contributed by atoms with Crippen molar-refractivity contribution in [3.05, 3.63) is 11.4 Å². The van der Waals surface area contributed by atoms with Crippen LogP contribution in [0.15, 0.2) is 0 Å². The molecule has 0 fully saturated rings. The second-order valence-corrected chi connectivity index (χ2v) is 3.87. The number of aryl methyl sites for hydroxylation is 2. The summed E-state index contributed by atoms with van der Waals surface area (Å²) in [5, 5.41) is 10.2. The van der Waals surface area contributed by atoms with Crippen molar-refractivity contribution in [2.24, 2.45) is 5.73 Å². The molecule has 1 rings (SSSR count). The maximum absolute atomic E-state index is 11.4. The molecule has 1 aromatic rings.